The van der Waals surface area contributed by atoms with E-state index in [-0.39, 0.29) is 72.2 Å². The Kier molecular flexibility index (Phi) is 3780. The van der Waals surface area contributed by atoms with Gasteiger partial charge in [0.2, 0.25) is 0 Å². The van der Waals surface area contributed by atoms with Crippen LogP contribution in [-0.4, -0.2) is 51.4 Å². The van der Waals surface area contributed by atoms with E-state index in [1.807, 2.05) is 0 Å². The first-order valence-corrected chi connectivity index (χ1v) is 0. The monoisotopic (exact) mass is 152 g/mol. The summed E-state index contributed by atoms with van der Waals surface area (Å²) >= 11 is 0. The minimum atomic E-state index is 0. The Morgan fingerprint density at radius 3 is 0.857 bits per heavy atom. The van der Waals surface area contributed by atoms with Crippen molar-refractivity contribution in [3.05, 3.63) is 0 Å². The molecule has 0 aliphatic carbocycles. The summed E-state index contributed by atoms with van der Waals surface area (Å²) in [6.45, 7) is 0. The second-order valence-corrected chi connectivity index (χ2v) is 0. The summed E-state index contributed by atoms with van der Waals surface area (Å²) in [5, 5.41) is 0. The van der Waals surface area contributed by atoms with Gasteiger partial charge in [0.15, 0.2) is 0 Å². The van der Waals surface area contributed by atoms with E-state index in [2.05, 4.69) is 0 Å². The smallest absolute Gasteiger partial charge is 2.00 e. The Bertz CT molecular complexity index is 11.7. The van der Waals surface area contributed by atoms with Gasteiger partial charge >= 0.3 is 40.4 Å². The first-order chi connectivity index (χ1) is 0. The van der Waals surface area contributed by atoms with Gasteiger partial charge in [0.1, 0.15) is 0 Å². The van der Waals surface area contributed by atoms with Crippen molar-refractivity contribution in [1.29, 1.82) is 0 Å². The molecule has 0 radical (unpaired) electrons. The fourth-order valence-corrected chi connectivity index (χ4v) is 0. The van der Waals surface area contributed by atoms with Crippen LogP contribution < -0.4 is 0 Å². The molecule has 0 rings (SSSR count). The number of rotatable bonds is 0. The van der Waals surface area contributed by atoms with Gasteiger partial charge in [-0.2, -0.15) is 9.90 Å². The van der Waals surface area contributed by atoms with Crippen LogP contribution in [0.15, 0.2) is 0 Å². The van der Waals surface area contributed by atoms with E-state index in [1.165, 1.54) is 0 Å². The van der Waals surface area contributed by atoms with Crippen LogP contribution in [0.3, 0.4) is 0 Å². The molecular weight excluding hydrogens is 146 g/mol. The standard InChI is InChI=1S/Al.Mg.2H2O.2O.H3P/h;;2*1H2;;;1H3/q+3;+2;;;2*-2;/p-1. The molecule has 0 aromatic heterocycles. The molecule has 7 heavy (non-hydrogen) atoms. The van der Waals surface area contributed by atoms with Gasteiger partial charge < -0.3 is 21.9 Å². The normalized spacial score (nSPS) is 0. The molecule has 40 valence electrons. The summed E-state index contributed by atoms with van der Waals surface area (Å²) in [7, 11) is 0. The number of hydrogen-bond acceptors (Lipinski definition) is 1. The maximum atomic E-state index is 0. The average molecular weight is 152 g/mol. The third-order valence-electron chi connectivity index (χ3n) is 0. The summed E-state index contributed by atoms with van der Waals surface area (Å²) in [5.74, 6) is 0. The maximum Gasteiger partial charge on any atom is 3.00 e. The van der Waals surface area contributed by atoms with E-state index in [9.17, 15) is 0 Å². The van der Waals surface area contributed by atoms with Crippen LogP contribution in [0.1, 0.15) is 0 Å². The van der Waals surface area contributed by atoms with Gasteiger partial charge in [0, 0.05) is 0 Å². The van der Waals surface area contributed by atoms with Crippen molar-refractivity contribution in [3.63, 3.8) is 0 Å². The van der Waals surface area contributed by atoms with E-state index in [1.54, 1.807) is 0 Å². The van der Waals surface area contributed by atoms with Crippen molar-refractivity contribution in [3.8, 4) is 0 Å². The molecule has 1 unspecified atom stereocenters. The predicted octanol–water partition coefficient (Wildman–Crippen LogP) is -1.94. The molecule has 0 aliphatic heterocycles. The first-order valence-electron chi connectivity index (χ1n) is 0. The third-order valence-corrected chi connectivity index (χ3v) is 0. The van der Waals surface area contributed by atoms with Crippen molar-refractivity contribution in [2.24, 2.45) is 0 Å². The molecule has 3 N–H and O–H groups in total. The summed E-state index contributed by atoms with van der Waals surface area (Å²) in [5.41, 5.74) is 0. The summed E-state index contributed by atoms with van der Waals surface area (Å²) in [6.07, 6.45) is 0. The first kappa shape index (κ1) is 199. The zero-order valence-corrected chi connectivity index (χ0v) is 7.74. The second kappa shape index (κ2) is 133. The molecule has 0 spiro atoms. The molecule has 0 heterocycles. The Morgan fingerprint density at radius 1 is 0.857 bits per heavy atom. The number of hydrogen-bond donors (Lipinski definition) is 0. The molecule has 0 saturated carbocycles. The van der Waals surface area contributed by atoms with Crippen LogP contribution >= 0.6 is 9.90 Å². The Labute approximate surface area is 72.2 Å². The van der Waals surface area contributed by atoms with E-state index < -0.39 is 0 Å². The molecule has 0 bridgehead atoms. The minimum absolute atomic E-state index is 0. The van der Waals surface area contributed by atoms with Gasteiger partial charge in [0.05, 0.1) is 0 Å². The topological polar surface area (TPSA) is 118 Å². The molecule has 4 nitrogen and oxygen atoms in total. The zero-order valence-electron chi connectivity index (χ0n) is 3.76. The minimum Gasteiger partial charge on any atom is -2.00 e. The van der Waals surface area contributed by atoms with E-state index in [0.29, 0.717) is 0 Å². The molecular formula is H6AlMgO4P. The molecule has 0 amide bonds. The quantitative estimate of drug-likeness (QED) is 0.291. The second-order valence-electron chi connectivity index (χ2n) is 0. The van der Waals surface area contributed by atoms with E-state index >= 15 is 0 Å². The molecule has 0 fully saturated rings. The van der Waals surface area contributed by atoms with Gasteiger partial charge in [-0.15, -0.1) is 0 Å². The van der Waals surface area contributed by atoms with E-state index in [4.69, 9.17) is 0 Å². The Hall–Kier alpha value is 1.57. The SMILES string of the molecule is O.P.[Al+3].[Mg+2].[O-2].[O-2].[OH-]. The summed E-state index contributed by atoms with van der Waals surface area (Å²) in [6, 6.07) is 0. The van der Waals surface area contributed by atoms with Gasteiger partial charge in [-0.05, 0) is 0 Å². The van der Waals surface area contributed by atoms with Gasteiger partial charge in [-0.25, -0.2) is 0 Å². The Balaban J connectivity index is 0. The van der Waals surface area contributed by atoms with Crippen LogP contribution in [-0.2, 0) is 11.0 Å². The fourth-order valence-electron chi connectivity index (χ4n) is 0. The summed E-state index contributed by atoms with van der Waals surface area (Å²) < 4.78 is 0. The van der Waals surface area contributed by atoms with Crippen LogP contribution in [0.2, 0.25) is 0 Å². The van der Waals surface area contributed by atoms with Crippen LogP contribution in [0.25, 0.3) is 0 Å². The Morgan fingerprint density at radius 2 is 0.857 bits per heavy atom. The molecule has 1 atom stereocenters. The van der Waals surface area contributed by atoms with Gasteiger partial charge in [0.25, 0.3) is 0 Å². The maximum absolute atomic E-state index is 0. The van der Waals surface area contributed by atoms with E-state index in [0.717, 1.165) is 0 Å². The molecule has 7 heteroatoms. The van der Waals surface area contributed by atoms with Crippen molar-refractivity contribution in [2.45, 2.75) is 0 Å². The summed E-state index contributed by atoms with van der Waals surface area (Å²) in [4.78, 5) is 0. The van der Waals surface area contributed by atoms with Crippen molar-refractivity contribution in [1.82, 2.24) is 0 Å². The van der Waals surface area contributed by atoms with Gasteiger partial charge in [-0.1, -0.05) is 0 Å². The fraction of sp³-hybridized carbons (Fsp3) is 0. The van der Waals surface area contributed by atoms with Crippen LogP contribution in [0, 0.1) is 0 Å². The molecule has 0 aromatic carbocycles. The molecule has 0 aromatic rings. The van der Waals surface area contributed by atoms with Crippen molar-refractivity contribution >= 4 is 50.3 Å². The largest absolute Gasteiger partial charge is 3.00 e. The average Bonchev–Trinajstić information content (AvgIpc) is 0. The van der Waals surface area contributed by atoms with Crippen LogP contribution in [0.4, 0.5) is 0 Å². The van der Waals surface area contributed by atoms with Gasteiger partial charge in [-0.3, -0.25) is 0 Å². The zero-order chi connectivity index (χ0) is 0. The molecule has 0 saturated heterocycles. The predicted molar refractivity (Wildman–Crippen MR) is 29.5 cm³/mol. The van der Waals surface area contributed by atoms with Crippen molar-refractivity contribution < 1.29 is 21.9 Å². The van der Waals surface area contributed by atoms with Crippen molar-refractivity contribution in [2.75, 3.05) is 0 Å². The molecule has 0 aliphatic rings. The third kappa shape index (κ3) is 95.4. The van der Waals surface area contributed by atoms with Crippen LogP contribution in [0.5, 0.6) is 0 Å².